The highest BCUT2D eigenvalue weighted by Gasteiger charge is 2.36. The summed E-state index contributed by atoms with van der Waals surface area (Å²) >= 11 is 0. The summed E-state index contributed by atoms with van der Waals surface area (Å²) in [6.07, 6.45) is 0. The predicted molar refractivity (Wildman–Crippen MR) is 60.6 cm³/mol. The van der Waals surface area contributed by atoms with Gasteiger partial charge in [0.2, 0.25) is 0 Å². The van der Waals surface area contributed by atoms with Crippen molar-refractivity contribution in [1.29, 1.82) is 0 Å². The van der Waals surface area contributed by atoms with Crippen molar-refractivity contribution < 1.29 is 19.5 Å². The van der Waals surface area contributed by atoms with Crippen LogP contribution in [0.2, 0.25) is 0 Å². The Hall–Kier alpha value is -2.37. The van der Waals surface area contributed by atoms with Crippen molar-refractivity contribution in [1.82, 2.24) is 4.90 Å². The lowest BCUT2D eigenvalue weighted by atomic mass is 10.2. The van der Waals surface area contributed by atoms with E-state index < -0.39 is 24.5 Å². The van der Waals surface area contributed by atoms with Gasteiger partial charge >= 0.3 is 6.03 Å². The SMILES string of the molecule is Cc1ccc(N2CC(=O)N(CC(=O)[O-])C2=O)cc1. The van der Waals surface area contributed by atoms with E-state index in [9.17, 15) is 19.5 Å². The fourth-order valence-corrected chi connectivity index (χ4v) is 1.75. The van der Waals surface area contributed by atoms with Crippen molar-refractivity contribution in [2.75, 3.05) is 18.0 Å². The molecule has 0 N–H and O–H groups in total. The van der Waals surface area contributed by atoms with E-state index in [1.165, 1.54) is 4.90 Å². The Labute approximate surface area is 103 Å². The van der Waals surface area contributed by atoms with Crippen molar-refractivity contribution in [2.45, 2.75) is 6.92 Å². The number of hydrogen-bond donors (Lipinski definition) is 0. The molecule has 0 unspecified atom stereocenters. The highest BCUT2D eigenvalue weighted by atomic mass is 16.4. The molecular formula is C12H11N2O4-. The maximum atomic E-state index is 11.9. The van der Waals surface area contributed by atoms with E-state index >= 15 is 0 Å². The summed E-state index contributed by atoms with van der Waals surface area (Å²) < 4.78 is 0. The van der Waals surface area contributed by atoms with Gasteiger partial charge in [-0.25, -0.2) is 4.79 Å². The second-order valence-electron chi connectivity index (χ2n) is 4.06. The number of carbonyl (C=O) groups excluding carboxylic acids is 3. The van der Waals surface area contributed by atoms with Gasteiger partial charge in [-0.3, -0.25) is 14.6 Å². The van der Waals surface area contributed by atoms with Gasteiger partial charge in [0.25, 0.3) is 5.91 Å². The smallest absolute Gasteiger partial charge is 0.332 e. The molecule has 0 aromatic heterocycles. The third kappa shape index (κ3) is 2.17. The first-order chi connectivity index (χ1) is 8.49. The van der Waals surface area contributed by atoms with E-state index in [-0.39, 0.29) is 6.54 Å². The van der Waals surface area contributed by atoms with Crippen molar-refractivity contribution in [3.8, 4) is 0 Å². The lowest BCUT2D eigenvalue weighted by molar-refractivity contribution is -0.305. The summed E-state index contributed by atoms with van der Waals surface area (Å²) in [5.41, 5.74) is 1.60. The Morgan fingerprint density at radius 3 is 2.44 bits per heavy atom. The molecule has 1 heterocycles. The second kappa shape index (κ2) is 4.48. The maximum Gasteiger partial charge on any atom is 0.332 e. The molecule has 6 heteroatoms. The van der Waals surface area contributed by atoms with Crippen LogP contribution in [-0.4, -0.2) is 35.9 Å². The number of urea groups is 1. The molecule has 0 saturated carbocycles. The van der Waals surface area contributed by atoms with Gasteiger partial charge in [-0.2, -0.15) is 0 Å². The summed E-state index contributed by atoms with van der Waals surface area (Å²) in [5.74, 6) is -1.99. The second-order valence-corrected chi connectivity index (χ2v) is 4.06. The third-order valence-corrected chi connectivity index (χ3v) is 2.69. The topological polar surface area (TPSA) is 80.8 Å². The minimum atomic E-state index is -1.46. The number of imide groups is 1. The van der Waals surface area contributed by atoms with Gasteiger partial charge in [0.15, 0.2) is 0 Å². The summed E-state index contributed by atoms with van der Waals surface area (Å²) in [7, 11) is 0. The highest BCUT2D eigenvalue weighted by molar-refractivity contribution is 6.13. The molecule has 0 spiro atoms. The first-order valence-electron chi connectivity index (χ1n) is 5.37. The van der Waals surface area contributed by atoms with Gasteiger partial charge in [-0.1, -0.05) is 17.7 Å². The normalized spacial score (nSPS) is 15.4. The van der Waals surface area contributed by atoms with Crippen LogP contribution in [0.25, 0.3) is 0 Å². The largest absolute Gasteiger partial charge is 0.548 e. The number of aliphatic carboxylic acids is 1. The molecule has 0 bridgehead atoms. The molecule has 0 aliphatic carbocycles. The van der Waals surface area contributed by atoms with Gasteiger partial charge in [0.05, 0.1) is 12.5 Å². The number of amides is 3. The number of carboxylic acid groups (broad SMARTS) is 1. The summed E-state index contributed by atoms with van der Waals surface area (Å²) in [4.78, 5) is 35.8. The van der Waals surface area contributed by atoms with Crippen LogP contribution in [0.15, 0.2) is 24.3 Å². The zero-order valence-corrected chi connectivity index (χ0v) is 9.75. The van der Waals surface area contributed by atoms with Crippen LogP contribution in [0.3, 0.4) is 0 Å². The van der Waals surface area contributed by atoms with E-state index in [0.717, 1.165) is 5.56 Å². The summed E-state index contributed by atoms with van der Waals surface area (Å²) in [5, 5.41) is 10.5. The van der Waals surface area contributed by atoms with Crippen molar-refractivity contribution in [3.63, 3.8) is 0 Å². The van der Waals surface area contributed by atoms with E-state index in [1.807, 2.05) is 19.1 Å². The lowest BCUT2D eigenvalue weighted by Gasteiger charge is -2.17. The predicted octanol–water partition coefficient (Wildman–Crippen LogP) is -0.486. The van der Waals surface area contributed by atoms with Gasteiger partial charge in [0, 0.05) is 5.69 Å². The number of carbonyl (C=O) groups is 3. The first kappa shape index (κ1) is 12.1. The van der Waals surface area contributed by atoms with Crippen LogP contribution in [0, 0.1) is 6.92 Å². The van der Waals surface area contributed by atoms with Crippen LogP contribution >= 0.6 is 0 Å². The zero-order chi connectivity index (χ0) is 13.3. The van der Waals surface area contributed by atoms with E-state index in [0.29, 0.717) is 10.6 Å². The first-order valence-corrected chi connectivity index (χ1v) is 5.37. The zero-order valence-electron chi connectivity index (χ0n) is 9.75. The van der Waals surface area contributed by atoms with Crippen LogP contribution in [-0.2, 0) is 9.59 Å². The van der Waals surface area contributed by atoms with Crippen molar-refractivity contribution >= 4 is 23.6 Å². The molecule has 0 radical (unpaired) electrons. The number of benzene rings is 1. The van der Waals surface area contributed by atoms with Gasteiger partial charge in [-0.05, 0) is 19.1 Å². The minimum absolute atomic E-state index is 0.144. The Bertz CT molecular complexity index is 509. The Morgan fingerprint density at radius 2 is 1.89 bits per heavy atom. The molecule has 1 fully saturated rings. The Balaban J connectivity index is 2.22. The third-order valence-electron chi connectivity index (χ3n) is 2.69. The molecule has 1 aromatic carbocycles. The molecule has 6 nitrogen and oxygen atoms in total. The van der Waals surface area contributed by atoms with Gasteiger partial charge in [-0.15, -0.1) is 0 Å². The number of aryl methyl sites for hydroxylation is 1. The van der Waals surface area contributed by atoms with Crippen LogP contribution in [0.1, 0.15) is 5.56 Å². The molecule has 1 saturated heterocycles. The van der Waals surface area contributed by atoms with Gasteiger partial charge < -0.3 is 9.90 Å². The Kier molecular flexibility index (Phi) is 3.01. The average molecular weight is 247 g/mol. The molecule has 1 aliphatic rings. The summed E-state index contributed by atoms with van der Waals surface area (Å²) in [6, 6.07) is 6.42. The van der Waals surface area contributed by atoms with E-state index in [4.69, 9.17) is 0 Å². The van der Waals surface area contributed by atoms with Crippen molar-refractivity contribution in [2.24, 2.45) is 0 Å². The molecule has 3 amide bonds. The van der Waals surface area contributed by atoms with Crippen LogP contribution in [0.5, 0.6) is 0 Å². The number of anilines is 1. The number of rotatable bonds is 3. The Morgan fingerprint density at radius 1 is 1.28 bits per heavy atom. The maximum absolute atomic E-state index is 11.9. The monoisotopic (exact) mass is 247 g/mol. The standard InChI is InChI=1S/C12H12N2O4/c1-8-2-4-9(5-3-8)13-6-10(15)14(12(13)18)7-11(16)17/h2-5H,6-7H2,1H3,(H,16,17)/p-1. The van der Waals surface area contributed by atoms with E-state index in [1.54, 1.807) is 12.1 Å². The molecule has 0 atom stereocenters. The summed E-state index contributed by atoms with van der Waals surface area (Å²) in [6.45, 7) is 1.05. The quantitative estimate of drug-likeness (QED) is 0.675. The van der Waals surface area contributed by atoms with E-state index in [2.05, 4.69) is 0 Å². The number of nitrogens with zero attached hydrogens (tertiary/aromatic N) is 2. The molecule has 94 valence electrons. The molecular weight excluding hydrogens is 236 g/mol. The van der Waals surface area contributed by atoms with Crippen molar-refractivity contribution in [3.05, 3.63) is 29.8 Å². The molecule has 1 aliphatic heterocycles. The highest BCUT2D eigenvalue weighted by Crippen LogP contribution is 2.21. The van der Waals surface area contributed by atoms with Gasteiger partial charge in [0.1, 0.15) is 6.54 Å². The fraction of sp³-hybridized carbons (Fsp3) is 0.250. The lowest BCUT2D eigenvalue weighted by Crippen LogP contribution is -2.42. The molecule has 18 heavy (non-hydrogen) atoms. The van der Waals surface area contributed by atoms with Crippen LogP contribution < -0.4 is 10.0 Å². The fourth-order valence-electron chi connectivity index (χ4n) is 1.75. The molecule has 1 aromatic rings. The number of hydrogen-bond acceptors (Lipinski definition) is 4. The van der Waals surface area contributed by atoms with Crippen LogP contribution in [0.4, 0.5) is 10.5 Å². The average Bonchev–Trinajstić information content (AvgIpc) is 2.58. The number of carboxylic acids is 1. The molecule has 2 rings (SSSR count). The minimum Gasteiger partial charge on any atom is -0.548 e.